The number of morpholine rings is 1. The molecule has 2 N–H and O–H groups in total. The Kier molecular flexibility index (Phi) is 6.56. The lowest BCUT2D eigenvalue weighted by Crippen LogP contribution is -2.40. The highest BCUT2D eigenvalue weighted by Gasteiger charge is 2.26. The van der Waals surface area contributed by atoms with E-state index in [1.165, 1.54) is 22.0 Å². The van der Waals surface area contributed by atoms with E-state index in [4.69, 9.17) is 27.9 Å². The van der Waals surface area contributed by atoms with Crippen LogP contribution in [-0.2, 0) is 14.8 Å². The van der Waals surface area contributed by atoms with E-state index in [9.17, 15) is 8.42 Å². The summed E-state index contributed by atoms with van der Waals surface area (Å²) in [5, 5.41) is 7.84. The van der Waals surface area contributed by atoms with Gasteiger partial charge in [-0.15, -0.1) is 0 Å². The Morgan fingerprint density at radius 1 is 0.971 bits per heavy atom. The van der Waals surface area contributed by atoms with E-state index >= 15 is 0 Å². The summed E-state index contributed by atoms with van der Waals surface area (Å²) in [4.78, 5) is 14.1. The van der Waals surface area contributed by atoms with Gasteiger partial charge < -0.3 is 15.4 Å². The second-order valence-electron chi connectivity index (χ2n) is 7.28. The standard InChI is InChI=1S/C21H18Cl2N6O3S2/c22-15-2-1-3-16(23)17(15)27-21-28-18-19(24-12-25-20(18)33-21)26-13-4-6-14(7-5-13)34(30,31)29-8-10-32-11-9-29/h1-7,12H,8-11H2,(H,27,28)(H,24,25,26). The lowest BCUT2D eigenvalue weighted by molar-refractivity contribution is 0.0730. The zero-order chi connectivity index (χ0) is 23.7. The molecule has 0 bridgehead atoms. The Balaban J connectivity index is 1.38. The van der Waals surface area contributed by atoms with E-state index in [1.807, 2.05) is 0 Å². The van der Waals surface area contributed by atoms with E-state index in [0.717, 1.165) is 0 Å². The third-order valence-corrected chi connectivity index (χ3v) is 8.54. The van der Waals surface area contributed by atoms with Crippen molar-refractivity contribution in [2.75, 3.05) is 36.9 Å². The highest BCUT2D eigenvalue weighted by molar-refractivity contribution is 7.89. The molecular formula is C21H18Cl2N6O3S2. The molecule has 1 saturated heterocycles. The zero-order valence-electron chi connectivity index (χ0n) is 17.5. The van der Waals surface area contributed by atoms with Crippen LogP contribution in [0, 0.1) is 0 Å². The third kappa shape index (κ3) is 4.67. The molecule has 0 amide bonds. The minimum Gasteiger partial charge on any atom is -0.379 e. The van der Waals surface area contributed by atoms with Crippen LogP contribution in [0.4, 0.5) is 22.3 Å². The summed E-state index contributed by atoms with van der Waals surface area (Å²) in [6, 6.07) is 11.8. The molecule has 0 atom stereocenters. The second kappa shape index (κ2) is 9.61. The number of hydrogen-bond donors (Lipinski definition) is 2. The Hall–Kier alpha value is -2.54. The van der Waals surface area contributed by atoms with E-state index < -0.39 is 10.0 Å². The van der Waals surface area contributed by atoms with Crippen LogP contribution in [0.3, 0.4) is 0 Å². The molecule has 34 heavy (non-hydrogen) atoms. The average Bonchev–Trinajstić information content (AvgIpc) is 3.26. The number of rotatable bonds is 6. The van der Waals surface area contributed by atoms with E-state index in [2.05, 4.69) is 25.6 Å². The maximum Gasteiger partial charge on any atom is 0.243 e. The molecule has 1 fully saturated rings. The largest absolute Gasteiger partial charge is 0.379 e. The highest BCUT2D eigenvalue weighted by Crippen LogP contribution is 2.36. The first-order valence-electron chi connectivity index (χ1n) is 10.2. The van der Waals surface area contributed by atoms with Crippen molar-refractivity contribution in [1.82, 2.24) is 19.3 Å². The van der Waals surface area contributed by atoms with Crippen molar-refractivity contribution in [2.24, 2.45) is 0 Å². The fraction of sp³-hybridized carbons (Fsp3) is 0.190. The quantitative estimate of drug-likeness (QED) is 0.358. The molecule has 13 heteroatoms. The molecule has 2 aromatic carbocycles. The van der Waals surface area contributed by atoms with Gasteiger partial charge in [-0.2, -0.15) is 4.31 Å². The van der Waals surface area contributed by atoms with Gasteiger partial charge in [0, 0.05) is 18.8 Å². The summed E-state index contributed by atoms with van der Waals surface area (Å²) >= 11 is 13.8. The topological polar surface area (TPSA) is 109 Å². The van der Waals surface area contributed by atoms with Crippen LogP contribution >= 0.6 is 34.5 Å². The van der Waals surface area contributed by atoms with Gasteiger partial charge in [0.2, 0.25) is 10.0 Å². The number of ether oxygens (including phenoxy) is 1. The van der Waals surface area contributed by atoms with Gasteiger partial charge in [0.25, 0.3) is 0 Å². The number of nitrogens with one attached hydrogen (secondary N) is 2. The molecule has 5 rings (SSSR count). The number of fused-ring (bicyclic) bond motifs is 1. The Morgan fingerprint density at radius 3 is 2.38 bits per heavy atom. The number of benzene rings is 2. The number of halogens is 2. The lowest BCUT2D eigenvalue weighted by atomic mass is 10.3. The van der Waals surface area contributed by atoms with Crippen LogP contribution in [0.1, 0.15) is 0 Å². The van der Waals surface area contributed by atoms with Crippen LogP contribution < -0.4 is 10.6 Å². The van der Waals surface area contributed by atoms with Crippen molar-refractivity contribution in [3.05, 3.63) is 58.8 Å². The number of sulfonamides is 1. The first-order valence-corrected chi connectivity index (χ1v) is 13.2. The van der Waals surface area contributed by atoms with Crippen molar-refractivity contribution in [3.63, 3.8) is 0 Å². The molecule has 0 aliphatic carbocycles. The Morgan fingerprint density at radius 2 is 1.68 bits per heavy atom. The number of nitrogens with zero attached hydrogens (tertiary/aromatic N) is 4. The van der Waals surface area contributed by atoms with Crippen molar-refractivity contribution < 1.29 is 13.2 Å². The van der Waals surface area contributed by atoms with Gasteiger partial charge in [-0.05, 0) is 36.4 Å². The normalized spacial score (nSPS) is 14.9. The van der Waals surface area contributed by atoms with Gasteiger partial charge in [-0.1, -0.05) is 40.6 Å². The molecule has 0 saturated carbocycles. The Bertz CT molecular complexity index is 1420. The lowest BCUT2D eigenvalue weighted by Gasteiger charge is -2.26. The Labute approximate surface area is 209 Å². The zero-order valence-corrected chi connectivity index (χ0v) is 20.7. The van der Waals surface area contributed by atoms with Crippen molar-refractivity contribution in [2.45, 2.75) is 4.90 Å². The molecule has 1 aliphatic rings. The van der Waals surface area contributed by atoms with Gasteiger partial charge in [0.15, 0.2) is 15.8 Å². The maximum atomic E-state index is 12.8. The maximum absolute atomic E-state index is 12.8. The van der Waals surface area contributed by atoms with Gasteiger partial charge in [-0.3, -0.25) is 0 Å². The van der Waals surface area contributed by atoms with Gasteiger partial charge in [0.05, 0.1) is 33.8 Å². The average molecular weight is 537 g/mol. The van der Waals surface area contributed by atoms with Crippen molar-refractivity contribution in [3.8, 4) is 0 Å². The number of para-hydroxylation sites is 1. The van der Waals surface area contributed by atoms with E-state index in [-0.39, 0.29) is 4.90 Å². The molecule has 0 radical (unpaired) electrons. The third-order valence-electron chi connectivity index (χ3n) is 5.11. The molecule has 9 nitrogen and oxygen atoms in total. The van der Waals surface area contributed by atoms with Gasteiger partial charge in [0.1, 0.15) is 11.8 Å². The summed E-state index contributed by atoms with van der Waals surface area (Å²) in [6.07, 6.45) is 1.44. The molecule has 176 valence electrons. The molecular weight excluding hydrogens is 519 g/mol. The first kappa shape index (κ1) is 23.2. The van der Waals surface area contributed by atoms with Crippen LogP contribution in [0.15, 0.2) is 53.7 Å². The minimum atomic E-state index is -3.56. The molecule has 0 spiro atoms. The van der Waals surface area contributed by atoms with E-state index in [1.54, 1.807) is 42.5 Å². The van der Waals surface area contributed by atoms with Crippen LogP contribution in [0.2, 0.25) is 10.0 Å². The predicted molar refractivity (Wildman–Crippen MR) is 134 cm³/mol. The van der Waals surface area contributed by atoms with Crippen LogP contribution in [0.5, 0.6) is 0 Å². The second-order valence-corrected chi connectivity index (χ2v) is 11.0. The fourth-order valence-electron chi connectivity index (χ4n) is 3.41. The fourth-order valence-corrected chi connectivity index (χ4v) is 6.12. The van der Waals surface area contributed by atoms with Crippen LogP contribution in [0.25, 0.3) is 10.3 Å². The van der Waals surface area contributed by atoms with Gasteiger partial charge in [-0.25, -0.2) is 23.4 Å². The summed E-state index contributed by atoms with van der Waals surface area (Å²) < 4.78 is 32.3. The number of anilines is 4. The summed E-state index contributed by atoms with van der Waals surface area (Å²) in [5.74, 6) is 0.489. The number of aromatic nitrogens is 3. The molecule has 1 aliphatic heterocycles. The van der Waals surface area contributed by atoms with Crippen molar-refractivity contribution >= 4 is 77.2 Å². The summed E-state index contributed by atoms with van der Waals surface area (Å²) in [6.45, 7) is 1.49. The van der Waals surface area contributed by atoms with Gasteiger partial charge >= 0.3 is 0 Å². The number of hydrogen-bond acceptors (Lipinski definition) is 9. The molecule has 3 heterocycles. The highest BCUT2D eigenvalue weighted by atomic mass is 35.5. The molecule has 2 aromatic heterocycles. The number of thiazole rings is 1. The van der Waals surface area contributed by atoms with E-state index in [0.29, 0.717) is 69.0 Å². The summed E-state index contributed by atoms with van der Waals surface area (Å²) in [7, 11) is -3.56. The summed E-state index contributed by atoms with van der Waals surface area (Å²) in [5.41, 5.74) is 1.78. The predicted octanol–water partition coefficient (Wildman–Crippen LogP) is 4.90. The smallest absolute Gasteiger partial charge is 0.243 e. The SMILES string of the molecule is O=S(=O)(c1ccc(Nc2ncnc3sc(Nc4c(Cl)cccc4Cl)nc23)cc1)N1CCOCC1. The van der Waals surface area contributed by atoms with Crippen LogP contribution in [-0.4, -0.2) is 54.0 Å². The molecule has 4 aromatic rings. The first-order chi connectivity index (χ1) is 16.4. The monoisotopic (exact) mass is 536 g/mol. The molecule has 0 unspecified atom stereocenters. The van der Waals surface area contributed by atoms with Crippen molar-refractivity contribution in [1.29, 1.82) is 0 Å². The minimum absolute atomic E-state index is 0.226.